The summed E-state index contributed by atoms with van der Waals surface area (Å²) in [4.78, 5) is 24.4. The van der Waals surface area contributed by atoms with Gasteiger partial charge in [0, 0.05) is 30.8 Å². The Balaban J connectivity index is 1.59. The van der Waals surface area contributed by atoms with E-state index in [0.29, 0.717) is 37.1 Å². The van der Waals surface area contributed by atoms with Gasteiger partial charge in [-0.3, -0.25) is 14.9 Å². The molecule has 29 heavy (non-hydrogen) atoms. The number of nitrogens with zero attached hydrogens (tertiary/aromatic N) is 2. The summed E-state index contributed by atoms with van der Waals surface area (Å²) in [6, 6.07) is 10.3. The van der Waals surface area contributed by atoms with E-state index in [1.165, 1.54) is 30.3 Å². The summed E-state index contributed by atoms with van der Waals surface area (Å²) in [7, 11) is 0. The first kappa shape index (κ1) is 20.8. The van der Waals surface area contributed by atoms with E-state index in [0.717, 1.165) is 12.1 Å². The van der Waals surface area contributed by atoms with Crippen LogP contribution in [0.3, 0.4) is 0 Å². The number of hydrogen-bond acceptors (Lipinski definition) is 4. The minimum Gasteiger partial charge on any atom is -0.372 e. The molecule has 6 nitrogen and oxygen atoms in total. The van der Waals surface area contributed by atoms with E-state index in [-0.39, 0.29) is 24.3 Å². The molecule has 1 aliphatic heterocycles. The van der Waals surface area contributed by atoms with Gasteiger partial charge in [0.1, 0.15) is 0 Å². The highest BCUT2D eigenvalue weighted by molar-refractivity contribution is 5.94. The number of halogens is 3. The Morgan fingerprint density at radius 3 is 2.59 bits per heavy atom. The number of likely N-dealkylation sites (tertiary alicyclic amines) is 1. The van der Waals surface area contributed by atoms with Crippen molar-refractivity contribution in [3.05, 3.63) is 75.3 Å². The number of alkyl halides is 3. The van der Waals surface area contributed by atoms with E-state index in [4.69, 9.17) is 4.74 Å². The standard InChI is InChI=1S/C20H19F3N2O4/c21-20(22,23)16-4-1-3-14(11-16)13-29-18-5-2-10-24(12-18)19(26)15-6-8-17(9-7-15)25(27)28/h1,3-4,6-9,11,18H,2,5,10,12-13H2/t18-/m1/s1. The highest BCUT2D eigenvalue weighted by atomic mass is 19.4. The summed E-state index contributed by atoms with van der Waals surface area (Å²) < 4.78 is 44.2. The predicted octanol–water partition coefficient (Wildman–Crippen LogP) is 4.44. The van der Waals surface area contributed by atoms with Crippen LogP contribution in [-0.4, -0.2) is 34.9 Å². The molecule has 0 radical (unpaired) electrons. The van der Waals surface area contributed by atoms with Gasteiger partial charge in [0.2, 0.25) is 0 Å². The fourth-order valence-corrected chi connectivity index (χ4v) is 3.22. The number of carbonyl (C=O) groups is 1. The number of piperidine rings is 1. The molecule has 154 valence electrons. The van der Waals surface area contributed by atoms with E-state index >= 15 is 0 Å². The molecule has 1 amide bonds. The predicted molar refractivity (Wildman–Crippen MR) is 98.3 cm³/mol. The Kier molecular flexibility index (Phi) is 6.17. The van der Waals surface area contributed by atoms with Crippen LogP contribution in [-0.2, 0) is 17.5 Å². The van der Waals surface area contributed by atoms with Crippen molar-refractivity contribution in [2.75, 3.05) is 13.1 Å². The van der Waals surface area contributed by atoms with Crippen LogP contribution in [0.15, 0.2) is 48.5 Å². The monoisotopic (exact) mass is 408 g/mol. The molecule has 0 unspecified atom stereocenters. The summed E-state index contributed by atoms with van der Waals surface area (Å²) >= 11 is 0. The minimum absolute atomic E-state index is 0.0220. The number of non-ortho nitro benzene ring substituents is 1. The largest absolute Gasteiger partial charge is 0.416 e. The van der Waals surface area contributed by atoms with Gasteiger partial charge in [0.05, 0.1) is 23.2 Å². The molecule has 9 heteroatoms. The van der Waals surface area contributed by atoms with Crippen LogP contribution in [0.5, 0.6) is 0 Å². The number of amides is 1. The Labute approximate surface area is 165 Å². The molecule has 1 atom stereocenters. The third-order valence-electron chi connectivity index (χ3n) is 4.73. The number of ether oxygens (including phenoxy) is 1. The smallest absolute Gasteiger partial charge is 0.372 e. The lowest BCUT2D eigenvalue weighted by molar-refractivity contribution is -0.384. The maximum atomic E-state index is 12.8. The number of nitro groups is 1. The van der Waals surface area contributed by atoms with Crippen molar-refractivity contribution in [3.63, 3.8) is 0 Å². The van der Waals surface area contributed by atoms with E-state index in [2.05, 4.69) is 0 Å². The molecule has 0 bridgehead atoms. The first-order chi connectivity index (χ1) is 13.7. The van der Waals surface area contributed by atoms with E-state index in [1.54, 1.807) is 11.0 Å². The lowest BCUT2D eigenvalue weighted by atomic mass is 10.1. The van der Waals surface area contributed by atoms with E-state index in [9.17, 15) is 28.1 Å². The SMILES string of the molecule is O=C(c1ccc([N+](=O)[O-])cc1)N1CCC[C@@H](OCc2cccc(C(F)(F)F)c2)C1. The number of carbonyl (C=O) groups excluding carboxylic acids is 1. The van der Waals surface area contributed by atoms with Gasteiger partial charge < -0.3 is 9.64 Å². The molecule has 0 spiro atoms. The molecular formula is C20H19F3N2O4. The van der Waals surface area contributed by atoms with Gasteiger partial charge in [0.25, 0.3) is 11.6 Å². The van der Waals surface area contributed by atoms with Crippen molar-refractivity contribution in [2.24, 2.45) is 0 Å². The Hall–Kier alpha value is -2.94. The number of hydrogen-bond donors (Lipinski definition) is 0. The zero-order valence-electron chi connectivity index (χ0n) is 15.4. The lowest BCUT2D eigenvalue weighted by Gasteiger charge is -2.32. The molecule has 0 saturated carbocycles. The number of rotatable bonds is 5. The summed E-state index contributed by atoms with van der Waals surface area (Å²) in [6.45, 7) is 0.863. The Morgan fingerprint density at radius 2 is 1.93 bits per heavy atom. The van der Waals surface area contributed by atoms with Gasteiger partial charge in [-0.2, -0.15) is 13.2 Å². The fourth-order valence-electron chi connectivity index (χ4n) is 3.22. The summed E-state index contributed by atoms with van der Waals surface area (Å²) in [5.41, 5.74) is -0.0625. The molecule has 1 aliphatic rings. The van der Waals surface area contributed by atoms with Crippen LogP contribution in [0.2, 0.25) is 0 Å². The van der Waals surface area contributed by atoms with Crippen molar-refractivity contribution in [1.29, 1.82) is 0 Å². The second-order valence-electron chi connectivity index (χ2n) is 6.83. The van der Waals surface area contributed by atoms with Crippen molar-refractivity contribution < 1.29 is 27.6 Å². The molecule has 0 N–H and O–H groups in total. The van der Waals surface area contributed by atoms with Crippen molar-refractivity contribution >= 4 is 11.6 Å². The summed E-state index contributed by atoms with van der Waals surface area (Å²) in [6.07, 6.45) is -3.30. The summed E-state index contributed by atoms with van der Waals surface area (Å²) in [5, 5.41) is 10.7. The fraction of sp³-hybridized carbons (Fsp3) is 0.350. The van der Waals surface area contributed by atoms with Gasteiger partial charge in [-0.1, -0.05) is 12.1 Å². The van der Waals surface area contributed by atoms with Gasteiger partial charge >= 0.3 is 6.18 Å². The second kappa shape index (κ2) is 8.60. The van der Waals surface area contributed by atoms with Crippen molar-refractivity contribution in [1.82, 2.24) is 4.90 Å². The molecule has 3 rings (SSSR count). The maximum absolute atomic E-state index is 12.8. The first-order valence-electron chi connectivity index (χ1n) is 9.05. The van der Waals surface area contributed by atoms with Crippen LogP contribution >= 0.6 is 0 Å². The minimum atomic E-state index is -4.41. The third-order valence-corrected chi connectivity index (χ3v) is 4.73. The van der Waals surface area contributed by atoms with Crippen LogP contribution in [0.1, 0.15) is 34.3 Å². The average molecular weight is 408 g/mol. The lowest BCUT2D eigenvalue weighted by Crippen LogP contribution is -2.43. The zero-order chi connectivity index (χ0) is 21.0. The van der Waals surface area contributed by atoms with Crippen LogP contribution < -0.4 is 0 Å². The summed E-state index contributed by atoms with van der Waals surface area (Å²) in [5.74, 6) is -0.257. The van der Waals surface area contributed by atoms with Gasteiger partial charge in [0.15, 0.2) is 0 Å². The molecule has 1 heterocycles. The van der Waals surface area contributed by atoms with Crippen LogP contribution in [0, 0.1) is 10.1 Å². The zero-order valence-corrected chi connectivity index (χ0v) is 15.4. The molecule has 2 aromatic rings. The first-order valence-corrected chi connectivity index (χ1v) is 9.05. The number of nitro benzene ring substituents is 1. The van der Waals surface area contributed by atoms with E-state index < -0.39 is 16.7 Å². The topological polar surface area (TPSA) is 72.7 Å². The molecule has 1 fully saturated rings. The molecule has 1 saturated heterocycles. The van der Waals surface area contributed by atoms with Crippen molar-refractivity contribution in [3.8, 4) is 0 Å². The highest BCUT2D eigenvalue weighted by Crippen LogP contribution is 2.30. The van der Waals surface area contributed by atoms with Crippen molar-refractivity contribution in [2.45, 2.75) is 31.7 Å². The Bertz CT molecular complexity index is 884. The van der Waals surface area contributed by atoms with Crippen LogP contribution in [0.4, 0.5) is 18.9 Å². The van der Waals surface area contributed by atoms with E-state index in [1.807, 2.05) is 0 Å². The molecule has 0 aliphatic carbocycles. The maximum Gasteiger partial charge on any atom is 0.416 e. The number of benzene rings is 2. The van der Waals surface area contributed by atoms with Gasteiger partial charge in [-0.25, -0.2) is 0 Å². The molecule has 0 aromatic heterocycles. The van der Waals surface area contributed by atoms with Gasteiger partial charge in [-0.05, 0) is 42.7 Å². The average Bonchev–Trinajstić information content (AvgIpc) is 2.71. The molecule has 2 aromatic carbocycles. The highest BCUT2D eigenvalue weighted by Gasteiger charge is 2.30. The second-order valence-corrected chi connectivity index (χ2v) is 6.83. The van der Waals surface area contributed by atoms with Gasteiger partial charge in [-0.15, -0.1) is 0 Å². The normalized spacial score (nSPS) is 17.2. The molecular weight excluding hydrogens is 389 g/mol. The quantitative estimate of drug-likeness (QED) is 0.542. The van der Waals surface area contributed by atoms with Crippen LogP contribution in [0.25, 0.3) is 0 Å². The Morgan fingerprint density at radius 1 is 1.21 bits per heavy atom. The third kappa shape index (κ3) is 5.32.